The number of nitrogens with zero attached hydrogens (tertiary/aromatic N) is 2. The Hall–Kier alpha value is -2.39. The van der Waals surface area contributed by atoms with E-state index < -0.39 is 23.4 Å². The number of likely N-dealkylation sites (N-methyl/N-ethyl adjacent to an activating group) is 1. The summed E-state index contributed by atoms with van der Waals surface area (Å²) >= 11 is 0. The zero-order chi connectivity index (χ0) is 20.0. The van der Waals surface area contributed by atoms with Crippen LogP contribution in [0.1, 0.15) is 23.2 Å². The van der Waals surface area contributed by atoms with Crippen LogP contribution in [0.3, 0.4) is 0 Å². The maximum atomic E-state index is 13.6. The van der Waals surface area contributed by atoms with E-state index in [0.717, 1.165) is 12.1 Å². The standard InChI is InChI=1S/C18H22F2N2O5/c1-21(11-18(25)26)9-13-10-22(6-7-27-13)17(24)5-4-16(23)14-3-2-12(19)8-15(14)20/h2-3,8,13H,4-7,9-11H2,1H3,(H,25,26). The first-order valence-corrected chi connectivity index (χ1v) is 8.54. The van der Waals surface area contributed by atoms with Crippen LogP contribution in [0.4, 0.5) is 8.78 Å². The predicted molar refractivity (Wildman–Crippen MR) is 91.4 cm³/mol. The van der Waals surface area contributed by atoms with Crippen LogP contribution in [0, 0.1) is 11.6 Å². The summed E-state index contributed by atoms with van der Waals surface area (Å²) in [5.41, 5.74) is -0.237. The molecule has 1 aromatic rings. The second-order valence-electron chi connectivity index (χ2n) is 6.47. The van der Waals surface area contributed by atoms with Crippen LogP contribution < -0.4 is 0 Å². The lowest BCUT2D eigenvalue weighted by molar-refractivity contribution is -0.142. The lowest BCUT2D eigenvalue weighted by Crippen LogP contribution is -2.49. The van der Waals surface area contributed by atoms with Gasteiger partial charge < -0.3 is 14.7 Å². The van der Waals surface area contributed by atoms with Gasteiger partial charge in [-0.25, -0.2) is 8.78 Å². The van der Waals surface area contributed by atoms with Gasteiger partial charge >= 0.3 is 5.97 Å². The van der Waals surface area contributed by atoms with Crippen LogP contribution in [0.25, 0.3) is 0 Å². The molecule has 1 amide bonds. The van der Waals surface area contributed by atoms with Crippen LogP contribution in [0.15, 0.2) is 18.2 Å². The van der Waals surface area contributed by atoms with E-state index in [9.17, 15) is 23.2 Å². The SMILES string of the molecule is CN(CC(=O)O)CC1CN(C(=O)CCC(=O)c2ccc(F)cc2F)CCO1. The second-order valence-corrected chi connectivity index (χ2v) is 6.47. The summed E-state index contributed by atoms with van der Waals surface area (Å²) in [6, 6.07) is 2.70. The Balaban J connectivity index is 1.84. The molecule has 1 heterocycles. The molecule has 27 heavy (non-hydrogen) atoms. The molecule has 1 atom stereocenters. The molecule has 7 nitrogen and oxygen atoms in total. The van der Waals surface area contributed by atoms with E-state index in [1.807, 2.05) is 0 Å². The van der Waals surface area contributed by atoms with Gasteiger partial charge in [-0.3, -0.25) is 19.3 Å². The van der Waals surface area contributed by atoms with Crippen molar-refractivity contribution < 1.29 is 33.0 Å². The number of morpholine rings is 1. The fraction of sp³-hybridized carbons (Fsp3) is 0.500. The van der Waals surface area contributed by atoms with Crippen molar-refractivity contribution >= 4 is 17.7 Å². The van der Waals surface area contributed by atoms with Gasteiger partial charge in [0.1, 0.15) is 11.6 Å². The summed E-state index contributed by atoms with van der Waals surface area (Å²) in [4.78, 5) is 38.2. The Morgan fingerprint density at radius 3 is 2.70 bits per heavy atom. The Morgan fingerprint density at radius 2 is 2.04 bits per heavy atom. The normalized spacial score (nSPS) is 17.2. The summed E-state index contributed by atoms with van der Waals surface area (Å²) in [5.74, 6) is -3.49. The average molecular weight is 384 g/mol. The van der Waals surface area contributed by atoms with Crippen LogP contribution >= 0.6 is 0 Å². The molecular weight excluding hydrogens is 362 g/mol. The minimum Gasteiger partial charge on any atom is -0.480 e. The van der Waals surface area contributed by atoms with E-state index in [1.165, 1.54) is 0 Å². The van der Waals surface area contributed by atoms with Crippen molar-refractivity contribution in [3.8, 4) is 0 Å². The largest absolute Gasteiger partial charge is 0.480 e. The number of rotatable bonds is 8. The van der Waals surface area contributed by atoms with Crippen LogP contribution in [0.5, 0.6) is 0 Å². The summed E-state index contributed by atoms with van der Waals surface area (Å²) in [7, 11) is 1.65. The molecule has 9 heteroatoms. The van der Waals surface area contributed by atoms with Gasteiger partial charge in [-0.2, -0.15) is 0 Å². The maximum absolute atomic E-state index is 13.6. The fourth-order valence-corrected chi connectivity index (χ4v) is 2.93. The molecule has 0 aromatic heterocycles. The number of carbonyl (C=O) groups is 3. The van der Waals surface area contributed by atoms with E-state index >= 15 is 0 Å². The monoisotopic (exact) mass is 384 g/mol. The number of Topliss-reactive ketones (excluding diaryl/α,β-unsaturated/α-hetero) is 1. The number of carboxylic acid groups (broad SMARTS) is 1. The van der Waals surface area contributed by atoms with E-state index in [4.69, 9.17) is 9.84 Å². The third-order valence-electron chi connectivity index (χ3n) is 4.21. The van der Waals surface area contributed by atoms with E-state index in [-0.39, 0.29) is 37.0 Å². The molecule has 0 saturated carbocycles. The summed E-state index contributed by atoms with van der Waals surface area (Å²) in [6.07, 6.45) is -0.590. The van der Waals surface area contributed by atoms with Gasteiger partial charge in [0.15, 0.2) is 5.78 Å². The van der Waals surface area contributed by atoms with Crippen LogP contribution in [0.2, 0.25) is 0 Å². The molecule has 0 bridgehead atoms. The first kappa shape index (κ1) is 20.9. The van der Waals surface area contributed by atoms with E-state index in [0.29, 0.717) is 32.3 Å². The average Bonchev–Trinajstić information content (AvgIpc) is 2.58. The van der Waals surface area contributed by atoms with Crippen molar-refractivity contribution in [1.29, 1.82) is 0 Å². The number of amides is 1. The number of carboxylic acids is 1. The second kappa shape index (κ2) is 9.52. The third-order valence-corrected chi connectivity index (χ3v) is 4.21. The molecule has 2 rings (SSSR count). The maximum Gasteiger partial charge on any atom is 0.317 e. The molecular formula is C18H22F2N2O5. The molecule has 1 aliphatic heterocycles. The predicted octanol–water partition coefficient (Wildman–Crippen LogP) is 1.17. The van der Waals surface area contributed by atoms with Crippen molar-refractivity contribution in [2.75, 3.05) is 39.8 Å². The minimum atomic E-state index is -0.951. The number of halogens is 2. The summed E-state index contributed by atoms with van der Waals surface area (Å²) < 4.78 is 32.1. The highest BCUT2D eigenvalue weighted by molar-refractivity contribution is 5.98. The topological polar surface area (TPSA) is 87.2 Å². The first-order chi connectivity index (χ1) is 12.8. The molecule has 1 saturated heterocycles. The molecule has 1 N–H and O–H groups in total. The lowest BCUT2D eigenvalue weighted by atomic mass is 10.1. The molecule has 1 aliphatic rings. The molecule has 1 unspecified atom stereocenters. The van der Waals surface area contributed by atoms with Gasteiger partial charge in [0.2, 0.25) is 5.91 Å². The first-order valence-electron chi connectivity index (χ1n) is 8.54. The number of aliphatic carboxylic acids is 1. The molecule has 148 valence electrons. The molecule has 0 aliphatic carbocycles. The number of ketones is 1. The molecule has 0 radical (unpaired) electrons. The van der Waals surface area contributed by atoms with Crippen LogP contribution in [-0.4, -0.2) is 78.5 Å². The zero-order valence-electron chi connectivity index (χ0n) is 15.0. The van der Waals surface area contributed by atoms with Gasteiger partial charge in [0, 0.05) is 38.5 Å². The number of carbonyl (C=O) groups excluding carboxylic acids is 2. The highest BCUT2D eigenvalue weighted by atomic mass is 19.1. The van der Waals surface area contributed by atoms with Gasteiger partial charge in [0.25, 0.3) is 0 Å². The Morgan fingerprint density at radius 1 is 1.30 bits per heavy atom. The molecule has 0 spiro atoms. The third kappa shape index (κ3) is 6.37. The minimum absolute atomic E-state index is 0.0899. The van der Waals surface area contributed by atoms with E-state index in [1.54, 1.807) is 16.8 Å². The van der Waals surface area contributed by atoms with Gasteiger partial charge in [-0.1, -0.05) is 0 Å². The van der Waals surface area contributed by atoms with Crippen LogP contribution in [-0.2, 0) is 14.3 Å². The molecule has 1 fully saturated rings. The number of ether oxygens (including phenoxy) is 1. The van der Waals surface area contributed by atoms with Gasteiger partial charge in [-0.05, 0) is 19.2 Å². The Bertz CT molecular complexity index is 713. The number of benzene rings is 1. The summed E-state index contributed by atoms with van der Waals surface area (Å²) in [6.45, 7) is 1.21. The van der Waals surface area contributed by atoms with Crippen molar-refractivity contribution in [2.24, 2.45) is 0 Å². The quantitative estimate of drug-likeness (QED) is 0.677. The number of hydrogen-bond acceptors (Lipinski definition) is 5. The van der Waals surface area contributed by atoms with Gasteiger partial charge in [0.05, 0.1) is 24.8 Å². The summed E-state index contributed by atoms with van der Waals surface area (Å²) in [5, 5.41) is 8.78. The van der Waals surface area contributed by atoms with Gasteiger partial charge in [-0.15, -0.1) is 0 Å². The fourth-order valence-electron chi connectivity index (χ4n) is 2.93. The zero-order valence-corrected chi connectivity index (χ0v) is 15.0. The smallest absolute Gasteiger partial charge is 0.317 e. The molecule has 1 aromatic carbocycles. The Kier molecular flexibility index (Phi) is 7.37. The van der Waals surface area contributed by atoms with Crippen molar-refractivity contribution in [2.45, 2.75) is 18.9 Å². The van der Waals surface area contributed by atoms with Crippen molar-refractivity contribution in [3.05, 3.63) is 35.4 Å². The van der Waals surface area contributed by atoms with Crippen molar-refractivity contribution in [1.82, 2.24) is 9.80 Å². The van der Waals surface area contributed by atoms with Crippen molar-refractivity contribution in [3.63, 3.8) is 0 Å². The highest BCUT2D eigenvalue weighted by Gasteiger charge is 2.26. The lowest BCUT2D eigenvalue weighted by Gasteiger charge is -2.34. The van der Waals surface area contributed by atoms with E-state index in [2.05, 4.69) is 0 Å². The number of hydrogen-bond donors (Lipinski definition) is 1. The Labute approximate surface area is 155 Å². The highest BCUT2D eigenvalue weighted by Crippen LogP contribution is 2.14.